The van der Waals surface area contributed by atoms with Crippen LogP contribution in [0.15, 0.2) is 60.7 Å². The SMILES string of the molecule is C[C@@H](NC(=O)C(O)[C@H](CCCCNC(=O)OCc1ccccc1)NC(=O)O)c1ccccc1. The fourth-order valence-corrected chi connectivity index (χ4v) is 3.23. The van der Waals surface area contributed by atoms with Crippen molar-refractivity contribution in [3.05, 3.63) is 71.8 Å². The Hall–Kier alpha value is -3.59. The predicted molar refractivity (Wildman–Crippen MR) is 122 cm³/mol. The second kappa shape index (κ2) is 13.7. The molecule has 0 spiro atoms. The molecular weight excluding hydrogens is 426 g/mol. The molecule has 5 N–H and O–H groups in total. The molecule has 2 aromatic rings. The first-order valence-corrected chi connectivity index (χ1v) is 10.8. The molecule has 9 heteroatoms. The van der Waals surface area contributed by atoms with Crippen LogP contribution in [0.25, 0.3) is 0 Å². The van der Waals surface area contributed by atoms with E-state index in [2.05, 4.69) is 16.0 Å². The highest BCUT2D eigenvalue weighted by Gasteiger charge is 2.28. The van der Waals surface area contributed by atoms with Gasteiger partial charge in [0.2, 0.25) is 0 Å². The molecule has 0 radical (unpaired) electrons. The number of carbonyl (C=O) groups is 3. The number of nitrogens with one attached hydrogen (secondary N) is 3. The van der Waals surface area contributed by atoms with Gasteiger partial charge in [0.25, 0.3) is 5.91 Å². The van der Waals surface area contributed by atoms with Crippen molar-refractivity contribution in [2.24, 2.45) is 0 Å². The van der Waals surface area contributed by atoms with Crippen molar-refractivity contribution in [1.29, 1.82) is 0 Å². The molecule has 0 saturated carbocycles. The lowest BCUT2D eigenvalue weighted by atomic mass is 10.0. The zero-order chi connectivity index (χ0) is 24.1. The molecule has 2 aromatic carbocycles. The largest absolute Gasteiger partial charge is 0.465 e. The van der Waals surface area contributed by atoms with Gasteiger partial charge >= 0.3 is 12.2 Å². The number of ether oxygens (including phenoxy) is 1. The van der Waals surface area contributed by atoms with Crippen molar-refractivity contribution >= 4 is 18.1 Å². The molecule has 0 fully saturated rings. The molecule has 2 rings (SSSR count). The van der Waals surface area contributed by atoms with Crippen LogP contribution in [0.3, 0.4) is 0 Å². The van der Waals surface area contributed by atoms with Gasteiger partial charge in [-0.05, 0) is 37.3 Å². The fourth-order valence-electron chi connectivity index (χ4n) is 3.23. The number of alkyl carbamates (subject to hydrolysis) is 1. The Bertz CT molecular complexity index is 878. The van der Waals surface area contributed by atoms with E-state index >= 15 is 0 Å². The van der Waals surface area contributed by atoms with Gasteiger partial charge in [0.15, 0.2) is 6.10 Å². The van der Waals surface area contributed by atoms with Gasteiger partial charge in [-0.2, -0.15) is 0 Å². The summed E-state index contributed by atoms with van der Waals surface area (Å²) in [5.41, 5.74) is 1.75. The standard InChI is InChI=1S/C24H31N3O6/c1-17(19-12-6-3-7-13-19)26-22(29)21(28)20(27-23(30)31)14-8-9-15-25-24(32)33-16-18-10-4-2-5-11-18/h2-7,10-13,17,20-21,27-28H,8-9,14-16H2,1H3,(H,25,32)(H,26,29)(H,30,31)/t17-,20+,21?/m1/s1. The Kier molecular flexibility index (Phi) is 10.7. The van der Waals surface area contributed by atoms with Crippen LogP contribution in [-0.2, 0) is 16.1 Å². The van der Waals surface area contributed by atoms with Gasteiger partial charge in [-0.25, -0.2) is 9.59 Å². The third-order valence-electron chi connectivity index (χ3n) is 5.04. The number of unbranched alkanes of at least 4 members (excludes halogenated alkanes) is 1. The van der Waals surface area contributed by atoms with Crippen LogP contribution in [0.2, 0.25) is 0 Å². The van der Waals surface area contributed by atoms with E-state index in [1.807, 2.05) is 60.7 Å². The van der Waals surface area contributed by atoms with Crippen LogP contribution in [-0.4, -0.2) is 47.0 Å². The van der Waals surface area contributed by atoms with Gasteiger partial charge in [-0.3, -0.25) is 4.79 Å². The molecule has 3 atom stereocenters. The van der Waals surface area contributed by atoms with Gasteiger partial charge < -0.3 is 30.9 Å². The zero-order valence-electron chi connectivity index (χ0n) is 18.6. The summed E-state index contributed by atoms with van der Waals surface area (Å²) in [4.78, 5) is 35.3. The first kappa shape index (κ1) is 25.7. The summed E-state index contributed by atoms with van der Waals surface area (Å²) in [7, 11) is 0. The molecule has 0 aliphatic heterocycles. The minimum absolute atomic E-state index is 0.167. The molecule has 9 nitrogen and oxygen atoms in total. The Labute approximate surface area is 193 Å². The highest BCUT2D eigenvalue weighted by atomic mass is 16.5. The number of amides is 3. The lowest BCUT2D eigenvalue weighted by Gasteiger charge is -2.24. The van der Waals surface area contributed by atoms with E-state index in [9.17, 15) is 19.5 Å². The molecule has 1 unspecified atom stereocenters. The van der Waals surface area contributed by atoms with E-state index in [1.165, 1.54) is 0 Å². The lowest BCUT2D eigenvalue weighted by Crippen LogP contribution is -2.50. The van der Waals surface area contributed by atoms with Crippen molar-refractivity contribution < 1.29 is 29.3 Å². The molecule has 0 bridgehead atoms. The first-order chi connectivity index (χ1) is 15.9. The minimum Gasteiger partial charge on any atom is -0.465 e. The highest BCUT2D eigenvalue weighted by Crippen LogP contribution is 2.13. The monoisotopic (exact) mass is 457 g/mol. The number of carboxylic acid groups (broad SMARTS) is 1. The summed E-state index contributed by atoms with van der Waals surface area (Å²) in [6, 6.07) is 17.2. The molecule has 178 valence electrons. The summed E-state index contributed by atoms with van der Waals surface area (Å²) in [6.07, 6.45) is -2.20. The maximum absolute atomic E-state index is 12.4. The average Bonchev–Trinajstić information content (AvgIpc) is 2.82. The molecule has 0 aliphatic carbocycles. The summed E-state index contributed by atoms with van der Waals surface area (Å²) >= 11 is 0. The first-order valence-electron chi connectivity index (χ1n) is 10.8. The maximum Gasteiger partial charge on any atom is 0.407 e. The van der Waals surface area contributed by atoms with Crippen LogP contribution < -0.4 is 16.0 Å². The third-order valence-corrected chi connectivity index (χ3v) is 5.04. The van der Waals surface area contributed by atoms with Gasteiger partial charge in [-0.1, -0.05) is 60.7 Å². The van der Waals surface area contributed by atoms with Crippen molar-refractivity contribution in [2.45, 2.75) is 51.0 Å². The predicted octanol–water partition coefficient (Wildman–Crippen LogP) is 2.96. The van der Waals surface area contributed by atoms with Gasteiger partial charge in [0, 0.05) is 6.54 Å². The smallest absolute Gasteiger partial charge is 0.407 e. The molecule has 0 aromatic heterocycles. The molecule has 3 amide bonds. The Morgan fingerprint density at radius 1 is 0.939 bits per heavy atom. The minimum atomic E-state index is -1.55. The molecule has 0 heterocycles. The number of carbonyl (C=O) groups excluding carboxylic acids is 2. The number of hydrogen-bond acceptors (Lipinski definition) is 5. The van der Waals surface area contributed by atoms with E-state index in [0.717, 1.165) is 11.1 Å². The Morgan fingerprint density at radius 3 is 2.21 bits per heavy atom. The third kappa shape index (κ3) is 9.61. The van der Waals surface area contributed by atoms with Crippen LogP contribution in [0, 0.1) is 0 Å². The van der Waals surface area contributed by atoms with E-state index in [4.69, 9.17) is 9.84 Å². The van der Waals surface area contributed by atoms with Gasteiger partial charge in [0.1, 0.15) is 6.61 Å². The number of benzene rings is 2. The van der Waals surface area contributed by atoms with Gasteiger partial charge in [0.05, 0.1) is 12.1 Å². The summed E-state index contributed by atoms with van der Waals surface area (Å²) in [5.74, 6) is -0.660. The topological polar surface area (TPSA) is 137 Å². The van der Waals surface area contributed by atoms with E-state index in [-0.39, 0.29) is 19.1 Å². The number of aliphatic hydroxyl groups excluding tert-OH is 1. The average molecular weight is 458 g/mol. The van der Waals surface area contributed by atoms with E-state index < -0.39 is 30.2 Å². The number of hydrogen-bond donors (Lipinski definition) is 5. The Morgan fingerprint density at radius 2 is 1.58 bits per heavy atom. The summed E-state index contributed by atoms with van der Waals surface area (Å²) in [5, 5.41) is 27.0. The van der Waals surface area contributed by atoms with Crippen LogP contribution in [0.4, 0.5) is 9.59 Å². The molecule has 0 saturated heterocycles. The molecular formula is C24H31N3O6. The van der Waals surface area contributed by atoms with Crippen molar-refractivity contribution in [3.8, 4) is 0 Å². The summed E-state index contributed by atoms with van der Waals surface area (Å²) in [6.45, 7) is 2.27. The van der Waals surface area contributed by atoms with Crippen molar-refractivity contribution in [2.75, 3.05) is 6.54 Å². The fraction of sp³-hybridized carbons (Fsp3) is 0.375. The van der Waals surface area contributed by atoms with Crippen LogP contribution >= 0.6 is 0 Å². The number of aliphatic hydroxyl groups is 1. The Balaban J connectivity index is 1.73. The second-order valence-corrected chi connectivity index (χ2v) is 7.63. The van der Waals surface area contributed by atoms with E-state index in [0.29, 0.717) is 19.4 Å². The van der Waals surface area contributed by atoms with Crippen molar-refractivity contribution in [3.63, 3.8) is 0 Å². The molecule has 33 heavy (non-hydrogen) atoms. The van der Waals surface area contributed by atoms with Gasteiger partial charge in [-0.15, -0.1) is 0 Å². The van der Waals surface area contributed by atoms with Crippen LogP contribution in [0.1, 0.15) is 43.4 Å². The normalized spacial score (nSPS) is 13.3. The maximum atomic E-state index is 12.4. The number of rotatable bonds is 12. The zero-order valence-corrected chi connectivity index (χ0v) is 18.6. The molecule has 0 aliphatic rings. The lowest BCUT2D eigenvalue weighted by molar-refractivity contribution is -0.131. The highest BCUT2D eigenvalue weighted by molar-refractivity contribution is 5.82. The van der Waals surface area contributed by atoms with Crippen LogP contribution in [0.5, 0.6) is 0 Å². The van der Waals surface area contributed by atoms with E-state index in [1.54, 1.807) is 6.92 Å². The quantitative estimate of drug-likeness (QED) is 0.311. The summed E-state index contributed by atoms with van der Waals surface area (Å²) < 4.78 is 5.12. The second-order valence-electron chi connectivity index (χ2n) is 7.63. The van der Waals surface area contributed by atoms with Crippen molar-refractivity contribution in [1.82, 2.24) is 16.0 Å².